The molecule has 3 rings (SSSR count). The van der Waals surface area contributed by atoms with Gasteiger partial charge in [-0.2, -0.15) is 0 Å². The molecule has 0 aliphatic heterocycles. The van der Waals surface area contributed by atoms with E-state index in [0.29, 0.717) is 21.8 Å². The summed E-state index contributed by atoms with van der Waals surface area (Å²) in [6.45, 7) is 1.64. The van der Waals surface area contributed by atoms with Crippen molar-refractivity contribution < 1.29 is 14.6 Å². The van der Waals surface area contributed by atoms with E-state index in [0.717, 1.165) is 5.39 Å². The van der Waals surface area contributed by atoms with Crippen molar-refractivity contribution >= 4 is 40.0 Å². The minimum Gasteiger partial charge on any atom is -0.494 e. The molecule has 0 unspecified atom stereocenters. The minimum absolute atomic E-state index is 0.153. The molecule has 0 saturated carbocycles. The molecule has 0 bridgehead atoms. The first-order valence-electron chi connectivity index (χ1n) is 7.27. The van der Waals surface area contributed by atoms with Crippen LogP contribution in [0.25, 0.3) is 10.9 Å². The molecule has 3 aromatic rings. The normalized spacial score (nSPS) is 11.0. The molecule has 0 fully saturated rings. The van der Waals surface area contributed by atoms with Crippen molar-refractivity contribution in [2.24, 2.45) is 0 Å². The lowest BCUT2D eigenvalue weighted by Gasteiger charge is -2.13. The number of hydrogen-bond donors (Lipinski definition) is 1. The average molecular weight is 364 g/mol. The van der Waals surface area contributed by atoms with Gasteiger partial charge in [0.2, 0.25) is 0 Å². The molecular weight excluding hydrogens is 349 g/mol. The van der Waals surface area contributed by atoms with Crippen LogP contribution in [0.4, 0.5) is 0 Å². The lowest BCUT2D eigenvalue weighted by molar-refractivity contribution is 0.0959. The molecule has 0 spiro atoms. The van der Waals surface area contributed by atoms with Gasteiger partial charge in [0.15, 0.2) is 0 Å². The minimum atomic E-state index is -0.315. The largest absolute Gasteiger partial charge is 0.494 e. The van der Waals surface area contributed by atoms with Crippen molar-refractivity contribution in [3.05, 3.63) is 63.3 Å². The second-order valence-electron chi connectivity index (χ2n) is 5.35. The number of carbonyl (C=O) groups excluding carboxylic acids is 1. The first kappa shape index (κ1) is 16.8. The summed E-state index contributed by atoms with van der Waals surface area (Å²) in [5, 5.41) is 11.1. The van der Waals surface area contributed by atoms with Gasteiger partial charge in [-0.05, 0) is 25.1 Å². The summed E-state index contributed by atoms with van der Waals surface area (Å²) in [5.41, 5.74) is 2.36. The van der Waals surface area contributed by atoms with Gasteiger partial charge in [-0.1, -0.05) is 41.4 Å². The molecule has 1 aromatic heterocycles. The summed E-state index contributed by atoms with van der Waals surface area (Å²) in [6, 6.07) is 10.5. The lowest BCUT2D eigenvalue weighted by Crippen LogP contribution is -2.15. The molecule has 6 heteroatoms. The van der Waals surface area contributed by atoms with E-state index in [4.69, 9.17) is 27.9 Å². The van der Waals surface area contributed by atoms with Gasteiger partial charge >= 0.3 is 0 Å². The number of para-hydroxylation sites is 1. The summed E-state index contributed by atoms with van der Waals surface area (Å²) in [7, 11) is 1.45. The predicted molar refractivity (Wildman–Crippen MR) is 95.3 cm³/mol. The Bertz CT molecular complexity index is 947. The highest BCUT2D eigenvalue weighted by molar-refractivity contribution is 6.36. The number of rotatable bonds is 3. The van der Waals surface area contributed by atoms with Gasteiger partial charge in [0.25, 0.3) is 5.91 Å². The fraction of sp³-hybridized carbons (Fsp3) is 0.167. The van der Waals surface area contributed by atoms with E-state index in [1.807, 2.05) is 24.3 Å². The number of nitrogens with zero attached hydrogens (tertiary/aromatic N) is 1. The smallest absolute Gasteiger partial charge is 0.266 e. The van der Waals surface area contributed by atoms with E-state index in [1.165, 1.54) is 19.2 Å². The van der Waals surface area contributed by atoms with Crippen molar-refractivity contribution in [1.29, 1.82) is 0 Å². The number of aliphatic hydroxyl groups excluding tert-OH is 1. The molecular formula is C18H15Cl2NO3. The van der Waals surface area contributed by atoms with E-state index in [-0.39, 0.29) is 28.8 Å². The Labute approximate surface area is 149 Å². The molecule has 0 saturated heterocycles. The number of fused-ring (bicyclic) bond motifs is 1. The van der Waals surface area contributed by atoms with Crippen molar-refractivity contribution in [2.45, 2.75) is 13.5 Å². The fourth-order valence-electron chi connectivity index (χ4n) is 2.94. The molecule has 0 aliphatic rings. The van der Waals surface area contributed by atoms with Crippen LogP contribution >= 0.6 is 23.2 Å². The summed E-state index contributed by atoms with van der Waals surface area (Å²) in [4.78, 5) is 13.2. The monoisotopic (exact) mass is 363 g/mol. The van der Waals surface area contributed by atoms with Gasteiger partial charge in [-0.15, -0.1) is 0 Å². The molecule has 0 radical (unpaired) electrons. The molecule has 1 N–H and O–H groups in total. The zero-order valence-corrected chi connectivity index (χ0v) is 14.6. The Kier molecular flexibility index (Phi) is 4.54. The summed E-state index contributed by atoms with van der Waals surface area (Å²) >= 11 is 12.2. The van der Waals surface area contributed by atoms with Crippen LogP contribution in [0.2, 0.25) is 10.0 Å². The maximum atomic E-state index is 13.2. The van der Waals surface area contributed by atoms with E-state index in [1.54, 1.807) is 11.5 Å². The van der Waals surface area contributed by atoms with Crippen LogP contribution in [-0.4, -0.2) is 22.7 Å². The van der Waals surface area contributed by atoms with Gasteiger partial charge in [0.05, 0.1) is 29.8 Å². The van der Waals surface area contributed by atoms with Crippen molar-refractivity contribution in [3.63, 3.8) is 0 Å². The lowest BCUT2D eigenvalue weighted by atomic mass is 10.1. The third kappa shape index (κ3) is 2.57. The number of hydrogen-bond acceptors (Lipinski definition) is 3. The highest BCUT2D eigenvalue weighted by Gasteiger charge is 2.23. The van der Waals surface area contributed by atoms with Crippen molar-refractivity contribution in [2.75, 3.05) is 7.11 Å². The van der Waals surface area contributed by atoms with Crippen LogP contribution < -0.4 is 4.74 Å². The number of methoxy groups -OCH3 is 1. The van der Waals surface area contributed by atoms with Gasteiger partial charge in [-0.3, -0.25) is 9.36 Å². The number of ether oxygens (including phenoxy) is 1. The second kappa shape index (κ2) is 6.48. The summed E-state index contributed by atoms with van der Waals surface area (Å²) in [5.74, 6) is -0.0431. The van der Waals surface area contributed by atoms with Crippen LogP contribution in [0.5, 0.6) is 5.75 Å². The SMILES string of the molecule is COc1c(Cl)cc(Cl)cc1C(=O)n1c(C)c(CO)c2ccccc21. The Hall–Kier alpha value is -2.01. The maximum absolute atomic E-state index is 13.2. The zero-order valence-electron chi connectivity index (χ0n) is 13.1. The van der Waals surface area contributed by atoms with Crippen LogP contribution in [0.3, 0.4) is 0 Å². The molecule has 0 atom stereocenters. The van der Waals surface area contributed by atoms with E-state index in [9.17, 15) is 9.90 Å². The second-order valence-corrected chi connectivity index (χ2v) is 6.19. The highest BCUT2D eigenvalue weighted by Crippen LogP contribution is 2.34. The van der Waals surface area contributed by atoms with E-state index in [2.05, 4.69) is 0 Å². The number of aliphatic hydroxyl groups is 1. The third-order valence-corrected chi connectivity index (χ3v) is 4.55. The first-order valence-corrected chi connectivity index (χ1v) is 8.02. The molecule has 4 nitrogen and oxygen atoms in total. The first-order chi connectivity index (χ1) is 11.5. The maximum Gasteiger partial charge on any atom is 0.266 e. The predicted octanol–water partition coefficient (Wildman–Crippen LogP) is 4.45. The van der Waals surface area contributed by atoms with Gasteiger partial charge < -0.3 is 9.84 Å². The summed E-state index contributed by atoms with van der Waals surface area (Å²) < 4.78 is 6.83. The van der Waals surface area contributed by atoms with Crippen LogP contribution in [0.1, 0.15) is 21.6 Å². The van der Waals surface area contributed by atoms with Gasteiger partial charge in [-0.25, -0.2) is 0 Å². The molecule has 124 valence electrons. The highest BCUT2D eigenvalue weighted by atomic mass is 35.5. The fourth-order valence-corrected chi connectivity index (χ4v) is 3.51. The number of aromatic nitrogens is 1. The molecule has 2 aromatic carbocycles. The van der Waals surface area contributed by atoms with Crippen LogP contribution in [0.15, 0.2) is 36.4 Å². The summed E-state index contributed by atoms with van der Waals surface area (Å²) in [6.07, 6.45) is 0. The van der Waals surface area contributed by atoms with E-state index < -0.39 is 0 Å². The Balaban J connectivity index is 2.30. The topological polar surface area (TPSA) is 51.5 Å². The van der Waals surface area contributed by atoms with Crippen LogP contribution in [-0.2, 0) is 6.61 Å². The molecule has 1 heterocycles. The third-order valence-electron chi connectivity index (χ3n) is 4.05. The Morgan fingerprint density at radius 2 is 1.96 bits per heavy atom. The van der Waals surface area contributed by atoms with Gasteiger partial charge in [0.1, 0.15) is 5.75 Å². The zero-order chi connectivity index (χ0) is 17.4. The van der Waals surface area contributed by atoms with Crippen LogP contribution in [0, 0.1) is 6.92 Å². The standard InChI is InChI=1S/C18H15Cl2NO3/c1-10-14(9-22)12-5-3-4-6-16(12)21(10)18(23)13-7-11(19)8-15(20)17(13)24-2/h3-8,22H,9H2,1-2H3. The Morgan fingerprint density at radius 1 is 1.25 bits per heavy atom. The average Bonchev–Trinajstić information content (AvgIpc) is 2.84. The van der Waals surface area contributed by atoms with Crippen molar-refractivity contribution in [1.82, 2.24) is 4.57 Å². The molecule has 0 amide bonds. The van der Waals surface area contributed by atoms with Crippen molar-refractivity contribution in [3.8, 4) is 5.75 Å². The number of halogens is 2. The molecule has 24 heavy (non-hydrogen) atoms. The number of carbonyl (C=O) groups is 1. The number of benzene rings is 2. The Morgan fingerprint density at radius 3 is 2.62 bits per heavy atom. The van der Waals surface area contributed by atoms with Gasteiger partial charge in [0, 0.05) is 21.7 Å². The quantitative estimate of drug-likeness (QED) is 0.747. The molecule has 0 aliphatic carbocycles. The van der Waals surface area contributed by atoms with E-state index >= 15 is 0 Å².